The Hall–Kier alpha value is -1.14. The van der Waals surface area contributed by atoms with Crippen molar-refractivity contribution in [2.45, 2.75) is 6.54 Å². The summed E-state index contributed by atoms with van der Waals surface area (Å²) in [6.45, 7) is 3.97. The van der Waals surface area contributed by atoms with Crippen molar-refractivity contribution in [3.63, 3.8) is 0 Å². The lowest BCUT2D eigenvalue weighted by atomic mass is 10.5. The first-order chi connectivity index (χ1) is 6.07. The largest absolute Gasteiger partial charge is 0.477 e. The Morgan fingerprint density at radius 2 is 2.46 bits per heavy atom. The van der Waals surface area contributed by atoms with Crippen molar-refractivity contribution in [1.82, 2.24) is 4.57 Å². The number of nitrogens with two attached hydrogens (primary N) is 1. The van der Waals surface area contributed by atoms with Gasteiger partial charge in [0.2, 0.25) is 0 Å². The fourth-order valence-electron chi connectivity index (χ4n) is 0.871. The number of hydrogen-bond acceptors (Lipinski definition) is 4. The number of rotatable bonds is 3. The summed E-state index contributed by atoms with van der Waals surface area (Å²) < 4.78 is 1.99. The Balaban J connectivity index is 3.30. The summed E-state index contributed by atoms with van der Waals surface area (Å²) in [4.78, 5) is 10.7. The van der Waals surface area contributed by atoms with Crippen LogP contribution in [0.5, 0.6) is 0 Å². The number of aromatic nitrogens is 1. The highest BCUT2D eigenvalue weighted by atomic mass is 32.1. The average Bonchev–Trinajstić information content (AvgIpc) is 2.32. The molecule has 0 bridgehead atoms. The smallest absolute Gasteiger partial charge is 0.349 e. The van der Waals surface area contributed by atoms with Crippen LogP contribution in [0, 0.1) is 3.95 Å². The van der Waals surface area contributed by atoms with Gasteiger partial charge in [-0.15, -0.1) is 6.58 Å². The lowest BCUT2D eigenvalue weighted by Crippen LogP contribution is -2.05. The van der Waals surface area contributed by atoms with Crippen LogP contribution < -0.4 is 5.73 Å². The summed E-state index contributed by atoms with van der Waals surface area (Å²) in [5.74, 6) is -0.848. The molecule has 0 amide bonds. The Morgan fingerprint density at radius 3 is 2.85 bits per heavy atom. The van der Waals surface area contributed by atoms with Crippen molar-refractivity contribution >= 4 is 35.3 Å². The fraction of sp³-hybridized carbons (Fsp3) is 0.143. The van der Waals surface area contributed by atoms with E-state index >= 15 is 0 Å². The molecule has 0 fully saturated rings. The quantitative estimate of drug-likeness (QED) is 0.596. The number of hydrogen-bond donors (Lipinski definition) is 2. The lowest BCUT2D eigenvalue weighted by molar-refractivity contribution is 0.0703. The number of thiazole rings is 1. The minimum absolute atomic E-state index is 0.0897. The molecular formula is C7H8N2O2S2. The molecule has 1 rings (SSSR count). The van der Waals surface area contributed by atoms with Crippen LogP contribution in [-0.2, 0) is 6.54 Å². The Kier molecular flexibility index (Phi) is 2.84. The van der Waals surface area contributed by atoms with Crippen LogP contribution in [0.3, 0.4) is 0 Å². The lowest BCUT2D eigenvalue weighted by Gasteiger charge is -1.99. The molecule has 0 spiro atoms. The molecule has 0 unspecified atom stereocenters. The SMILES string of the molecule is C=CCn1c(N)c(C(=O)O)sc1=S. The third-order valence-corrected chi connectivity index (χ3v) is 2.89. The Labute approximate surface area is 83.9 Å². The maximum atomic E-state index is 10.6. The first kappa shape index (κ1) is 9.94. The average molecular weight is 216 g/mol. The molecule has 1 aromatic heterocycles. The van der Waals surface area contributed by atoms with Gasteiger partial charge >= 0.3 is 5.97 Å². The summed E-state index contributed by atoms with van der Waals surface area (Å²) in [7, 11) is 0. The van der Waals surface area contributed by atoms with E-state index in [1.54, 1.807) is 6.08 Å². The molecule has 4 nitrogen and oxygen atoms in total. The summed E-state index contributed by atoms with van der Waals surface area (Å²) in [6.07, 6.45) is 1.62. The third kappa shape index (κ3) is 1.78. The zero-order valence-corrected chi connectivity index (χ0v) is 8.32. The molecule has 3 N–H and O–H groups in total. The van der Waals surface area contributed by atoms with Crippen LogP contribution in [0.15, 0.2) is 12.7 Å². The Bertz CT molecular complexity index is 405. The summed E-state index contributed by atoms with van der Waals surface area (Å²) in [5, 5.41) is 8.72. The minimum atomic E-state index is -1.04. The van der Waals surface area contributed by atoms with Crippen LogP contribution >= 0.6 is 23.6 Å². The molecule has 13 heavy (non-hydrogen) atoms. The number of anilines is 1. The summed E-state index contributed by atoms with van der Waals surface area (Å²) >= 11 is 5.93. The molecule has 0 aromatic carbocycles. The van der Waals surface area contributed by atoms with Crippen molar-refractivity contribution in [3.8, 4) is 0 Å². The van der Waals surface area contributed by atoms with E-state index < -0.39 is 5.97 Å². The van der Waals surface area contributed by atoms with Crippen molar-refractivity contribution in [3.05, 3.63) is 21.5 Å². The topological polar surface area (TPSA) is 68.2 Å². The van der Waals surface area contributed by atoms with E-state index in [0.717, 1.165) is 11.3 Å². The number of carboxylic acid groups (broad SMARTS) is 1. The molecule has 0 aliphatic carbocycles. The minimum Gasteiger partial charge on any atom is -0.477 e. The maximum absolute atomic E-state index is 10.6. The molecular weight excluding hydrogens is 208 g/mol. The predicted molar refractivity (Wildman–Crippen MR) is 54.7 cm³/mol. The van der Waals surface area contributed by atoms with Crippen LogP contribution in [-0.4, -0.2) is 15.6 Å². The number of aromatic carboxylic acids is 1. The zero-order valence-electron chi connectivity index (χ0n) is 6.69. The monoisotopic (exact) mass is 216 g/mol. The van der Waals surface area contributed by atoms with Crippen molar-refractivity contribution < 1.29 is 9.90 Å². The van der Waals surface area contributed by atoms with Crippen LogP contribution in [0.2, 0.25) is 0 Å². The van der Waals surface area contributed by atoms with Crippen molar-refractivity contribution in [2.24, 2.45) is 0 Å². The van der Waals surface area contributed by atoms with E-state index in [9.17, 15) is 4.79 Å². The third-order valence-electron chi connectivity index (χ3n) is 1.44. The van der Waals surface area contributed by atoms with Gasteiger partial charge in [-0.1, -0.05) is 17.4 Å². The molecule has 6 heteroatoms. The number of allylic oxidation sites excluding steroid dienone is 1. The standard InChI is InChI=1S/C7H8N2O2S2/c1-2-3-9-5(8)4(6(10)11)13-7(9)12/h2H,1,3,8H2,(H,10,11). The second kappa shape index (κ2) is 3.71. The van der Waals surface area contributed by atoms with Gasteiger partial charge in [-0.2, -0.15) is 0 Å². The van der Waals surface area contributed by atoms with E-state index in [1.807, 2.05) is 0 Å². The molecule has 0 saturated heterocycles. The van der Waals surface area contributed by atoms with Gasteiger partial charge in [0.15, 0.2) is 8.83 Å². The first-order valence-electron chi connectivity index (χ1n) is 3.41. The van der Waals surface area contributed by atoms with E-state index in [0.29, 0.717) is 10.5 Å². The number of nitrogen functional groups attached to an aromatic ring is 1. The highest BCUT2D eigenvalue weighted by molar-refractivity contribution is 7.73. The van der Waals surface area contributed by atoms with Crippen molar-refractivity contribution in [2.75, 3.05) is 5.73 Å². The van der Waals surface area contributed by atoms with E-state index in [2.05, 4.69) is 6.58 Å². The van der Waals surface area contributed by atoms with Gasteiger partial charge < -0.3 is 15.4 Å². The van der Waals surface area contributed by atoms with Gasteiger partial charge in [-0.05, 0) is 12.2 Å². The molecule has 70 valence electrons. The normalized spacial score (nSPS) is 9.85. The van der Waals surface area contributed by atoms with Crippen LogP contribution in [0.25, 0.3) is 0 Å². The molecule has 0 aliphatic rings. The van der Waals surface area contributed by atoms with Gasteiger partial charge in [0.05, 0.1) is 0 Å². The van der Waals surface area contributed by atoms with Crippen LogP contribution in [0.1, 0.15) is 9.67 Å². The van der Waals surface area contributed by atoms with Gasteiger partial charge in [-0.3, -0.25) is 0 Å². The van der Waals surface area contributed by atoms with Crippen molar-refractivity contribution in [1.29, 1.82) is 0 Å². The van der Waals surface area contributed by atoms with E-state index in [-0.39, 0.29) is 10.7 Å². The molecule has 0 atom stereocenters. The highest BCUT2D eigenvalue weighted by Gasteiger charge is 2.14. The van der Waals surface area contributed by atoms with Gasteiger partial charge in [0.1, 0.15) is 5.82 Å². The van der Waals surface area contributed by atoms with E-state index in [1.165, 1.54) is 4.57 Å². The van der Waals surface area contributed by atoms with Crippen LogP contribution in [0.4, 0.5) is 5.82 Å². The summed E-state index contributed by atoms with van der Waals surface area (Å²) in [5.41, 5.74) is 5.57. The van der Waals surface area contributed by atoms with Gasteiger partial charge in [0, 0.05) is 6.54 Å². The predicted octanol–water partition coefficient (Wildman–Crippen LogP) is 1.75. The first-order valence-corrected chi connectivity index (χ1v) is 4.63. The second-order valence-corrected chi connectivity index (χ2v) is 3.93. The fourth-order valence-corrected chi connectivity index (χ4v) is 2.05. The van der Waals surface area contributed by atoms with Gasteiger partial charge in [-0.25, -0.2) is 4.79 Å². The molecule has 1 heterocycles. The summed E-state index contributed by atoms with van der Waals surface area (Å²) in [6, 6.07) is 0. The molecule has 0 saturated carbocycles. The zero-order chi connectivity index (χ0) is 10.0. The molecule has 0 radical (unpaired) electrons. The van der Waals surface area contributed by atoms with E-state index in [4.69, 9.17) is 23.1 Å². The Morgan fingerprint density at radius 1 is 1.85 bits per heavy atom. The maximum Gasteiger partial charge on any atom is 0.349 e. The van der Waals surface area contributed by atoms with Gasteiger partial charge in [0.25, 0.3) is 0 Å². The second-order valence-electron chi connectivity index (χ2n) is 2.29. The molecule has 1 aromatic rings. The number of carboxylic acids is 1. The highest BCUT2D eigenvalue weighted by Crippen LogP contribution is 2.21. The molecule has 0 aliphatic heterocycles. The number of carbonyl (C=O) groups is 1. The number of nitrogens with zero attached hydrogens (tertiary/aromatic N) is 1.